The van der Waals surface area contributed by atoms with Gasteiger partial charge in [0.05, 0.1) is 35.7 Å². The first-order chi connectivity index (χ1) is 23.8. The van der Waals surface area contributed by atoms with Gasteiger partial charge in [-0.15, -0.1) is 13.0 Å². The number of hydrogen-bond donors (Lipinski definition) is 0. The highest BCUT2D eigenvalue weighted by atomic mass is 19.1. The predicted molar refractivity (Wildman–Crippen MR) is 194 cm³/mol. The smallest absolute Gasteiger partial charge is 0.340 e. The lowest BCUT2D eigenvalue weighted by molar-refractivity contribution is -0.166. The minimum atomic E-state index is -1.04. The number of ether oxygens (including phenoxy) is 4. The molecule has 10 heteroatoms. The zero-order chi connectivity index (χ0) is 36.2. The normalized spacial score (nSPS) is 15.7. The molecule has 2 aromatic heterocycles. The molecule has 0 spiro atoms. The number of fused-ring (bicyclic) bond motifs is 1. The second-order valence-electron chi connectivity index (χ2n) is 13.8. The Morgan fingerprint density at radius 1 is 1.16 bits per heavy atom. The Hall–Kier alpha value is -4.72. The Kier molecular flexibility index (Phi) is 11.0. The van der Waals surface area contributed by atoms with E-state index in [2.05, 4.69) is 24.3 Å². The van der Waals surface area contributed by atoms with Crippen LogP contribution in [0, 0.1) is 25.1 Å². The van der Waals surface area contributed by atoms with Gasteiger partial charge in [-0.3, -0.25) is 0 Å². The minimum Gasteiger partial charge on any atom is -0.477 e. The van der Waals surface area contributed by atoms with E-state index in [4.69, 9.17) is 35.5 Å². The number of esters is 1. The number of benzene rings is 2. The van der Waals surface area contributed by atoms with Crippen LogP contribution in [0.2, 0.25) is 0 Å². The van der Waals surface area contributed by atoms with Crippen LogP contribution < -0.4 is 9.64 Å². The van der Waals surface area contributed by atoms with Gasteiger partial charge in [-0.25, -0.2) is 14.2 Å². The molecule has 0 aliphatic carbocycles. The minimum absolute atomic E-state index is 0.209. The zero-order valence-corrected chi connectivity index (χ0v) is 30.1. The van der Waals surface area contributed by atoms with E-state index in [9.17, 15) is 9.18 Å². The van der Waals surface area contributed by atoms with E-state index < -0.39 is 29.6 Å². The molecule has 2 unspecified atom stereocenters. The van der Waals surface area contributed by atoms with Gasteiger partial charge in [0.15, 0.2) is 17.9 Å². The first-order valence-electron chi connectivity index (χ1n) is 17.0. The second-order valence-corrected chi connectivity index (χ2v) is 13.8. The molecule has 1 aliphatic rings. The molecular weight excluding hydrogens is 635 g/mol. The average Bonchev–Trinajstić information content (AvgIpc) is 3.50. The third-order valence-corrected chi connectivity index (χ3v) is 8.66. The molecule has 0 radical (unpaired) electrons. The van der Waals surface area contributed by atoms with Crippen LogP contribution >= 0.6 is 0 Å². The summed E-state index contributed by atoms with van der Waals surface area (Å²) in [5, 5.41) is 5.11. The fourth-order valence-corrected chi connectivity index (χ4v) is 6.16. The quantitative estimate of drug-likeness (QED) is 0.0847. The van der Waals surface area contributed by atoms with Crippen molar-refractivity contribution >= 4 is 17.4 Å². The van der Waals surface area contributed by atoms with Gasteiger partial charge in [0.1, 0.15) is 17.4 Å². The molecule has 4 aromatic rings. The molecule has 0 saturated carbocycles. The highest BCUT2D eigenvalue weighted by Gasteiger charge is 2.38. The molecule has 3 heterocycles. The third-order valence-electron chi connectivity index (χ3n) is 8.66. The summed E-state index contributed by atoms with van der Waals surface area (Å²) in [6.07, 6.45) is 7.25. The molecule has 264 valence electrons. The van der Waals surface area contributed by atoms with Gasteiger partial charge < -0.3 is 23.8 Å². The van der Waals surface area contributed by atoms with E-state index in [1.165, 1.54) is 12.1 Å². The lowest BCUT2D eigenvalue weighted by atomic mass is 9.92. The Morgan fingerprint density at radius 3 is 2.54 bits per heavy atom. The van der Waals surface area contributed by atoms with E-state index in [1.54, 1.807) is 30.5 Å². The van der Waals surface area contributed by atoms with Crippen LogP contribution in [0.25, 0.3) is 28.0 Å². The SMILES string of the molecule is C#CC(C)Oc1cc(F)ccc1-c1cccc(-c2cc3nc(C)c(C(OC(C)(C)C)C(=O)OCC)c(N4CCC(C)(OCC=C)CC4)n3n2)c1. The highest BCUT2D eigenvalue weighted by molar-refractivity contribution is 5.81. The fourth-order valence-electron chi connectivity index (χ4n) is 6.16. The topological polar surface area (TPSA) is 87.4 Å². The van der Waals surface area contributed by atoms with Gasteiger partial charge in [0.25, 0.3) is 0 Å². The highest BCUT2D eigenvalue weighted by Crippen LogP contribution is 2.39. The van der Waals surface area contributed by atoms with Gasteiger partial charge in [0.2, 0.25) is 0 Å². The molecule has 5 rings (SSSR count). The van der Waals surface area contributed by atoms with Crippen molar-refractivity contribution in [3.8, 4) is 40.5 Å². The summed E-state index contributed by atoms with van der Waals surface area (Å²) >= 11 is 0. The number of nitrogens with zero attached hydrogens (tertiary/aromatic N) is 4. The summed E-state index contributed by atoms with van der Waals surface area (Å²) in [6, 6.07) is 14.1. The number of aromatic nitrogens is 3. The number of halogens is 1. The summed E-state index contributed by atoms with van der Waals surface area (Å²) in [5.41, 5.74) is 3.88. The predicted octanol–water partition coefficient (Wildman–Crippen LogP) is 7.89. The number of rotatable bonds is 12. The van der Waals surface area contributed by atoms with Crippen molar-refractivity contribution in [3.05, 3.63) is 78.3 Å². The van der Waals surface area contributed by atoms with E-state index in [0.29, 0.717) is 53.6 Å². The molecule has 50 heavy (non-hydrogen) atoms. The van der Waals surface area contributed by atoms with Crippen LogP contribution in [0.1, 0.15) is 71.7 Å². The maximum Gasteiger partial charge on any atom is 0.340 e. The van der Waals surface area contributed by atoms with Crippen LogP contribution in [0.15, 0.2) is 61.2 Å². The molecule has 0 amide bonds. The molecule has 2 aromatic carbocycles. The maximum atomic E-state index is 14.3. The summed E-state index contributed by atoms with van der Waals surface area (Å²) in [6.45, 7) is 19.0. The average molecular weight is 683 g/mol. The van der Waals surface area contributed by atoms with Gasteiger partial charge >= 0.3 is 5.97 Å². The number of carbonyl (C=O) groups is 1. The number of terminal acetylenes is 1. The zero-order valence-electron chi connectivity index (χ0n) is 30.1. The number of piperidine rings is 1. The van der Waals surface area contributed by atoms with Gasteiger partial charge in [-0.2, -0.15) is 9.61 Å². The Labute approximate surface area is 294 Å². The van der Waals surface area contributed by atoms with Crippen molar-refractivity contribution < 1.29 is 28.1 Å². The Bertz CT molecular complexity index is 1900. The van der Waals surface area contributed by atoms with Crippen molar-refractivity contribution in [1.82, 2.24) is 14.6 Å². The second kappa shape index (κ2) is 15.0. The van der Waals surface area contributed by atoms with Crippen LogP contribution in [0.5, 0.6) is 5.75 Å². The summed E-state index contributed by atoms with van der Waals surface area (Å²) in [7, 11) is 0. The van der Waals surface area contributed by atoms with Crippen molar-refractivity contribution in [1.29, 1.82) is 0 Å². The van der Waals surface area contributed by atoms with Crippen LogP contribution in [-0.4, -0.2) is 64.2 Å². The maximum absolute atomic E-state index is 14.3. The van der Waals surface area contributed by atoms with Crippen molar-refractivity contribution in [2.75, 3.05) is 31.2 Å². The van der Waals surface area contributed by atoms with Gasteiger partial charge in [0, 0.05) is 42.0 Å². The van der Waals surface area contributed by atoms with Crippen LogP contribution in [0.3, 0.4) is 0 Å². The summed E-state index contributed by atoms with van der Waals surface area (Å²) in [4.78, 5) is 20.8. The number of hydrogen-bond acceptors (Lipinski definition) is 8. The number of aryl methyl sites for hydroxylation is 1. The Balaban J connectivity index is 1.65. The van der Waals surface area contributed by atoms with Crippen molar-refractivity contribution in [2.24, 2.45) is 0 Å². The van der Waals surface area contributed by atoms with E-state index >= 15 is 0 Å². The van der Waals surface area contributed by atoms with Crippen molar-refractivity contribution in [2.45, 2.75) is 84.7 Å². The molecular formula is C40H47FN4O5. The monoisotopic (exact) mass is 682 g/mol. The van der Waals surface area contributed by atoms with Crippen LogP contribution in [-0.2, 0) is 19.0 Å². The Morgan fingerprint density at radius 2 is 1.88 bits per heavy atom. The lowest BCUT2D eigenvalue weighted by Gasteiger charge is -2.41. The molecule has 9 nitrogen and oxygen atoms in total. The molecule has 1 saturated heterocycles. The first kappa shape index (κ1) is 36.6. The fraction of sp³-hybridized carbons (Fsp3) is 0.425. The summed E-state index contributed by atoms with van der Waals surface area (Å²) < 4.78 is 40.1. The van der Waals surface area contributed by atoms with Gasteiger partial charge in [-0.05, 0) is 85.1 Å². The lowest BCUT2D eigenvalue weighted by Crippen LogP contribution is -2.45. The molecule has 0 bridgehead atoms. The number of carbonyl (C=O) groups excluding carboxylic acids is 1. The van der Waals surface area contributed by atoms with E-state index in [0.717, 1.165) is 29.8 Å². The summed E-state index contributed by atoms with van der Waals surface area (Å²) in [5.74, 6) is 2.70. The molecule has 1 aliphatic heterocycles. The first-order valence-corrected chi connectivity index (χ1v) is 17.0. The number of anilines is 1. The van der Waals surface area contributed by atoms with Crippen molar-refractivity contribution in [3.63, 3.8) is 0 Å². The van der Waals surface area contributed by atoms with E-state index in [-0.39, 0.29) is 12.2 Å². The largest absolute Gasteiger partial charge is 0.477 e. The van der Waals surface area contributed by atoms with Gasteiger partial charge in [-0.1, -0.05) is 30.2 Å². The van der Waals surface area contributed by atoms with E-state index in [1.807, 2.05) is 58.0 Å². The third kappa shape index (κ3) is 8.18. The molecule has 2 atom stereocenters. The molecule has 0 N–H and O–H groups in total. The van der Waals surface area contributed by atoms with Crippen LogP contribution in [0.4, 0.5) is 10.2 Å². The standard InChI is InChI=1S/C40H47FN4O5/c1-10-22-48-40(9)18-20-44(21-19-40)37-35(36(38(46)47-12-3)50-39(6,7)8)27(5)42-34-25-32(43-45(34)37)29-15-13-14-28(23-29)31-17-16-30(41)24-33(31)49-26(4)11-2/h2,10,13-17,23-26,36H,1,12,18-22H2,3-9H3. The molecule has 1 fully saturated rings.